The summed E-state index contributed by atoms with van der Waals surface area (Å²) in [4.78, 5) is 4.09. The summed E-state index contributed by atoms with van der Waals surface area (Å²) in [6.45, 7) is 4.33. The molecular formula is C12H23NOS. The summed E-state index contributed by atoms with van der Waals surface area (Å²) in [5.74, 6) is 0. The second kappa shape index (κ2) is 10.1. The summed E-state index contributed by atoms with van der Waals surface area (Å²) in [6.07, 6.45) is 11.0. The highest BCUT2D eigenvalue weighted by Gasteiger charge is 2.07. The molecule has 0 heterocycles. The first-order chi connectivity index (χ1) is 7.28. The Bertz CT molecular complexity index is 202. The molecule has 0 amide bonds. The van der Waals surface area contributed by atoms with Crippen LogP contribution in [0.3, 0.4) is 0 Å². The van der Waals surface area contributed by atoms with E-state index in [1.807, 2.05) is 6.26 Å². The Hall–Kier alpha value is -0.440. The zero-order chi connectivity index (χ0) is 11.5. The lowest BCUT2D eigenvalue weighted by atomic mass is 10.1. The van der Waals surface area contributed by atoms with E-state index in [2.05, 4.69) is 31.0 Å². The highest BCUT2D eigenvalue weighted by Crippen LogP contribution is 2.11. The quantitative estimate of drug-likeness (QED) is 0.392. The molecule has 0 aromatic carbocycles. The van der Waals surface area contributed by atoms with E-state index in [9.17, 15) is 0 Å². The minimum Gasteiger partial charge on any atom is -0.466 e. The fourth-order valence-corrected chi connectivity index (χ4v) is 1.61. The van der Waals surface area contributed by atoms with Gasteiger partial charge in [-0.2, -0.15) is 0 Å². The molecule has 1 unspecified atom stereocenters. The van der Waals surface area contributed by atoms with Crippen molar-refractivity contribution in [3.63, 3.8) is 0 Å². The molecule has 0 spiro atoms. The molecule has 2 nitrogen and oxygen atoms in total. The molecule has 0 fully saturated rings. The van der Waals surface area contributed by atoms with Crippen molar-refractivity contribution in [3.05, 3.63) is 12.2 Å². The number of aliphatic imine (C=N–C) groups is 1. The molecule has 0 aliphatic heterocycles. The van der Waals surface area contributed by atoms with Crippen molar-refractivity contribution in [1.82, 2.24) is 0 Å². The molecule has 88 valence electrons. The maximum atomic E-state index is 5.78. The molecule has 3 heteroatoms. The molecule has 15 heavy (non-hydrogen) atoms. The molecule has 0 aliphatic carbocycles. The second-order valence-corrected chi connectivity index (χ2v) is 4.09. The average molecular weight is 229 g/mol. The molecule has 0 saturated heterocycles. The first kappa shape index (κ1) is 14.6. The molecular weight excluding hydrogens is 206 g/mol. The number of nitrogens with zero attached hydrogens (tertiary/aromatic N) is 1. The molecule has 0 rings (SSSR count). The van der Waals surface area contributed by atoms with Crippen LogP contribution in [0.4, 0.5) is 0 Å². The molecule has 0 aromatic heterocycles. The third-order valence-electron chi connectivity index (χ3n) is 2.04. The van der Waals surface area contributed by atoms with Gasteiger partial charge in [0.25, 0.3) is 0 Å². The average Bonchev–Trinajstić information content (AvgIpc) is 2.28. The molecule has 0 aliphatic rings. The van der Waals surface area contributed by atoms with Crippen molar-refractivity contribution < 1.29 is 4.74 Å². The maximum absolute atomic E-state index is 5.78. The normalized spacial score (nSPS) is 14.5. The van der Waals surface area contributed by atoms with E-state index in [0.29, 0.717) is 0 Å². The van der Waals surface area contributed by atoms with E-state index in [1.54, 1.807) is 18.8 Å². The predicted octanol–water partition coefficient (Wildman–Crippen LogP) is 3.88. The summed E-state index contributed by atoms with van der Waals surface area (Å²) >= 11 is 1.56. The summed E-state index contributed by atoms with van der Waals surface area (Å²) in [7, 11) is 1.77. The van der Waals surface area contributed by atoms with Gasteiger partial charge < -0.3 is 4.74 Å². The predicted molar refractivity (Wildman–Crippen MR) is 70.7 cm³/mol. The Kier molecular flexibility index (Phi) is 9.79. The SMILES string of the molecule is CCC=CC(CCCC)OC(=NC)SC. The highest BCUT2D eigenvalue weighted by atomic mass is 32.2. The summed E-state index contributed by atoms with van der Waals surface area (Å²) in [5.41, 5.74) is 0. The number of ether oxygens (including phenoxy) is 1. The molecule has 1 atom stereocenters. The van der Waals surface area contributed by atoms with E-state index in [4.69, 9.17) is 4.74 Å². The third kappa shape index (κ3) is 7.48. The summed E-state index contributed by atoms with van der Waals surface area (Å²) in [5, 5.41) is 0.775. The van der Waals surface area contributed by atoms with Crippen LogP contribution < -0.4 is 0 Å². The minimum absolute atomic E-state index is 0.191. The smallest absolute Gasteiger partial charge is 0.245 e. The van der Waals surface area contributed by atoms with Crippen molar-refractivity contribution >= 4 is 17.0 Å². The lowest BCUT2D eigenvalue weighted by molar-refractivity contribution is 0.228. The number of hydrogen-bond acceptors (Lipinski definition) is 3. The van der Waals surface area contributed by atoms with Crippen LogP contribution in [0, 0.1) is 0 Å². The van der Waals surface area contributed by atoms with Gasteiger partial charge in [-0.05, 0) is 31.6 Å². The van der Waals surface area contributed by atoms with Crippen molar-refractivity contribution in [1.29, 1.82) is 0 Å². The van der Waals surface area contributed by atoms with Gasteiger partial charge in [-0.15, -0.1) is 0 Å². The van der Waals surface area contributed by atoms with Crippen LogP contribution in [-0.4, -0.2) is 24.6 Å². The first-order valence-corrected chi connectivity index (χ1v) is 6.85. The number of allylic oxidation sites excluding steroid dienone is 1. The molecule has 0 N–H and O–H groups in total. The van der Waals surface area contributed by atoms with Gasteiger partial charge in [0, 0.05) is 7.05 Å². The van der Waals surface area contributed by atoms with Crippen LogP contribution in [0.1, 0.15) is 39.5 Å². The van der Waals surface area contributed by atoms with Crippen LogP contribution in [0.15, 0.2) is 17.1 Å². The monoisotopic (exact) mass is 229 g/mol. The Balaban J connectivity index is 4.16. The Morgan fingerprint density at radius 1 is 1.47 bits per heavy atom. The zero-order valence-electron chi connectivity index (χ0n) is 10.3. The molecule has 0 saturated carbocycles. The van der Waals surface area contributed by atoms with Gasteiger partial charge in [0.15, 0.2) is 0 Å². The third-order valence-corrected chi connectivity index (χ3v) is 2.67. The summed E-state index contributed by atoms with van der Waals surface area (Å²) < 4.78 is 5.78. The molecule has 0 bridgehead atoms. The number of hydrogen-bond donors (Lipinski definition) is 0. The second-order valence-electron chi connectivity index (χ2n) is 3.33. The standard InChI is InChI=1S/C12H23NOS/c1-5-7-9-11(10-8-6-2)14-12(13-3)15-4/h7,9,11H,5-6,8,10H2,1-4H3. The summed E-state index contributed by atoms with van der Waals surface area (Å²) in [6, 6.07) is 0. The number of unbranched alkanes of at least 4 members (excludes halogenated alkanes) is 1. The lowest BCUT2D eigenvalue weighted by Gasteiger charge is -2.15. The number of thioether (sulfide) groups is 1. The fourth-order valence-electron chi connectivity index (χ4n) is 1.21. The van der Waals surface area contributed by atoms with Gasteiger partial charge in [0.1, 0.15) is 6.10 Å². The van der Waals surface area contributed by atoms with E-state index >= 15 is 0 Å². The zero-order valence-corrected chi connectivity index (χ0v) is 11.1. The van der Waals surface area contributed by atoms with Crippen molar-refractivity contribution in [2.75, 3.05) is 13.3 Å². The van der Waals surface area contributed by atoms with Crippen LogP contribution in [0.2, 0.25) is 0 Å². The van der Waals surface area contributed by atoms with Gasteiger partial charge in [-0.1, -0.05) is 38.1 Å². The van der Waals surface area contributed by atoms with Crippen LogP contribution >= 0.6 is 11.8 Å². The Morgan fingerprint density at radius 3 is 2.67 bits per heavy atom. The van der Waals surface area contributed by atoms with E-state index < -0.39 is 0 Å². The van der Waals surface area contributed by atoms with E-state index in [0.717, 1.165) is 18.1 Å². The first-order valence-electron chi connectivity index (χ1n) is 5.62. The molecule has 0 aromatic rings. The van der Waals surface area contributed by atoms with Gasteiger partial charge in [0.2, 0.25) is 5.23 Å². The maximum Gasteiger partial charge on any atom is 0.245 e. The van der Waals surface area contributed by atoms with Crippen molar-refractivity contribution in [2.24, 2.45) is 4.99 Å². The number of rotatable bonds is 6. The Labute approximate surface area is 98.2 Å². The van der Waals surface area contributed by atoms with Gasteiger partial charge in [0.05, 0.1) is 0 Å². The fraction of sp³-hybridized carbons (Fsp3) is 0.750. The van der Waals surface area contributed by atoms with E-state index in [1.165, 1.54) is 12.8 Å². The van der Waals surface area contributed by atoms with Gasteiger partial charge in [-0.25, -0.2) is 4.99 Å². The van der Waals surface area contributed by atoms with Gasteiger partial charge >= 0.3 is 0 Å². The topological polar surface area (TPSA) is 21.6 Å². The van der Waals surface area contributed by atoms with Crippen LogP contribution in [0.25, 0.3) is 0 Å². The van der Waals surface area contributed by atoms with Gasteiger partial charge in [-0.3, -0.25) is 0 Å². The van der Waals surface area contributed by atoms with Crippen molar-refractivity contribution in [3.8, 4) is 0 Å². The van der Waals surface area contributed by atoms with Crippen LogP contribution in [-0.2, 0) is 4.74 Å². The molecule has 0 radical (unpaired) electrons. The lowest BCUT2D eigenvalue weighted by Crippen LogP contribution is -2.13. The van der Waals surface area contributed by atoms with Crippen molar-refractivity contribution in [2.45, 2.75) is 45.6 Å². The Morgan fingerprint density at radius 2 is 2.20 bits per heavy atom. The minimum atomic E-state index is 0.191. The van der Waals surface area contributed by atoms with Crippen LogP contribution in [0.5, 0.6) is 0 Å². The largest absolute Gasteiger partial charge is 0.466 e. The van der Waals surface area contributed by atoms with E-state index in [-0.39, 0.29) is 6.10 Å². The highest BCUT2D eigenvalue weighted by molar-refractivity contribution is 8.12.